The van der Waals surface area contributed by atoms with Crippen LogP contribution in [0.15, 0.2) is 42.0 Å². The average molecular weight is 354 g/mol. The molecule has 1 N–H and O–H groups in total. The Labute approximate surface area is 151 Å². The molecule has 0 radical (unpaired) electrons. The van der Waals surface area contributed by atoms with Crippen molar-refractivity contribution in [1.82, 2.24) is 19.8 Å². The second-order valence-corrected chi connectivity index (χ2v) is 7.48. The summed E-state index contributed by atoms with van der Waals surface area (Å²) in [7, 11) is 0. The first-order valence-electron chi connectivity index (χ1n) is 8.77. The van der Waals surface area contributed by atoms with Crippen molar-refractivity contribution >= 4 is 28.3 Å². The summed E-state index contributed by atoms with van der Waals surface area (Å²) in [5.41, 5.74) is 2.63. The second kappa shape index (κ2) is 7.37. The Hall–Kier alpha value is -2.18. The highest BCUT2D eigenvalue weighted by Gasteiger charge is 2.13. The van der Waals surface area contributed by atoms with Crippen LogP contribution in [0.4, 0.5) is 0 Å². The third-order valence-corrected chi connectivity index (χ3v) is 5.62. The molecule has 0 spiro atoms. The van der Waals surface area contributed by atoms with Crippen LogP contribution in [0.5, 0.6) is 0 Å². The molecule has 3 heterocycles. The molecule has 25 heavy (non-hydrogen) atoms. The fourth-order valence-corrected chi connectivity index (χ4v) is 3.97. The van der Waals surface area contributed by atoms with E-state index in [1.54, 1.807) is 11.3 Å². The minimum Gasteiger partial charge on any atom is -0.347 e. The van der Waals surface area contributed by atoms with Crippen molar-refractivity contribution in [2.24, 2.45) is 0 Å². The molecule has 2 aromatic heterocycles. The average Bonchev–Trinajstić information content (AvgIpc) is 3.39. The molecule has 1 aliphatic rings. The van der Waals surface area contributed by atoms with Crippen molar-refractivity contribution in [3.63, 3.8) is 0 Å². The van der Waals surface area contributed by atoms with Gasteiger partial charge in [0.1, 0.15) is 0 Å². The van der Waals surface area contributed by atoms with Gasteiger partial charge >= 0.3 is 0 Å². The lowest BCUT2D eigenvalue weighted by atomic mass is 10.2. The van der Waals surface area contributed by atoms with Crippen molar-refractivity contribution in [3.8, 4) is 0 Å². The van der Waals surface area contributed by atoms with E-state index in [9.17, 15) is 4.79 Å². The normalized spacial score (nSPS) is 15.0. The van der Waals surface area contributed by atoms with Crippen molar-refractivity contribution < 1.29 is 4.79 Å². The lowest BCUT2D eigenvalue weighted by molar-refractivity contribution is 0.0951. The van der Waals surface area contributed by atoms with E-state index in [2.05, 4.69) is 19.8 Å². The molecule has 1 aliphatic heterocycles. The maximum absolute atomic E-state index is 12.3. The van der Waals surface area contributed by atoms with Gasteiger partial charge in [-0.1, -0.05) is 6.07 Å². The molecule has 0 aliphatic carbocycles. The van der Waals surface area contributed by atoms with Gasteiger partial charge in [-0.25, -0.2) is 4.98 Å². The molecule has 1 amide bonds. The number of nitrogens with one attached hydrogen (secondary N) is 1. The van der Waals surface area contributed by atoms with E-state index in [4.69, 9.17) is 0 Å². The van der Waals surface area contributed by atoms with Crippen LogP contribution in [-0.4, -0.2) is 40.0 Å². The highest BCUT2D eigenvalue weighted by molar-refractivity contribution is 7.09. The van der Waals surface area contributed by atoms with Crippen LogP contribution in [0.25, 0.3) is 11.0 Å². The van der Waals surface area contributed by atoms with E-state index in [0.717, 1.165) is 29.0 Å². The first-order chi connectivity index (χ1) is 12.3. The second-order valence-electron chi connectivity index (χ2n) is 6.45. The molecule has 1 aromatic carbocycles. The molecule has 0 unspecified atom stereocenters. The SMILES string of the molecule is O=C(NCc1cccs1)c1ccc2c(c1)ncn2CCN1CCCC1. The Bertz CT molecular complexity index is 850. The van der Waals surface area contributed by atoms with Gasteiger partial charge in [0.2, 0.25) is 0 Å². The van der Waals surface area contributed by atoms with Crippen LogP contribution >= 0.6 is 11.3 Å². The standard InChI is InChI=1S/C19H22N4OS/c24-19(20-13-16-4-3-11-25-16)15-5-6-18-17(12-15)21-14-23(18)10-9-22-7-1-2-8-22/h3-6,11-12,14H,1-2,7-10,13H2,(H,20,24). The van der Waals surface area contributed by atoms with Crippen molar-refractivity contribution in [2.75, 3.05) is 19.6 Å². The molecule has 0 atom stereocenters. The van der Waals surface area contributed by atoms with Crippen LogP contribution in [0.1, 0.15) is 28.1 Å². The topological polar surface area (TPSA) is 50.2 Å². The van der Waals surface area contributed by atoms with E-state index in [1.165, 1.54) is 25.9 Å². The third-order valence-electron chi connectivity index (χ3n) is 4.74. The van der Waals surface area contributed by atoms with Gasteiger partial charge < -0.3 is 14.8 Å². The molecule has 3 aromatic rings. The maximum atomic E-state index is 12.3. The number of fused-ring (bicyclic) bond motifs is 1. The van der Waals surface area contributed by atoms with Crippen LogP contribution < -0.4 is 5.32 Å². The van der Waals surface area contributed by atoms with Gasteiger partial charge in [-0.05, 0) is 55.6 Å². The van der Waals surface area contributed by atoms with E-state index in [1.807, 2.05) is 42.0 Å². The molecular weight excluding hydrogens is 332 g/mol. The van der Waals surface area contributed by atoms with Crippen LogP contribution in [-0.2, 0) is 13.1 Å². The minimum atomic E-state index is -0.0538. The molecule has 1 saturated heterocycles. The third kappa shape index (κ3) is 3.75. The largest absolute Gasteiger partial charge is 0.347 e. The summed E-state index contributed by atoms with van der Waals surface area (Å²) in [5, 5.41) is 4.98. The summed E-state index contributed by atoms with van der Waals surface area (Å²) in [6, 6.07) is 9.79. The number of hydrogen-bond donors (Lipinski definition) is 1. The van der Waals surface area contributed by atoms with Crippen LogP contribution in [0.3, 0.4) is 0 Å². The highest BCUT2D eigenvalue weighted by Crippen LogP contribution is 2.16. The molecule has 5 nitrogen and oxygen atoms in total. The fraction of sp³-hybridized carbons (Fsp3) is 0.368. The molecule has 1 fully saturated rings. The van der Waals surface area contributed by atoms with E-state index >= 15 is 0 Å². The number of aromatic nitrogens is 2. The lowest BCUT2D eigenvalue weighted by Gasteiger charge is -2.14. The molecule has 6 heteroatoms. The number of rotatable bonds is 6. The zero-order chi connectivity index (χ0) is 17.1. The summed E-state index contributed by atoms with van der Waals surface area (Å²) in [4.78, 5) is 20.5. The highest BCUT2D eigenvalue weighted by atomic mass is 32.1. The fourth-order valence-electron chi connectivity index (χ4n) is 3.32. The predicted molar refractivity (Wildman–Crippen MR) is 101 cm³/mol. The minimum absolute atomic E-state index is 0.0538. The summed E-state index contributed by atoms with van der Waals surface area (Å²) in [6.07, 6.45) is 4.51. The number of hydrogen-bond acceptors (Lipinski definition) is 4. The van der Waals surface area contributed by atoms with Gasteiger partial charge in [0.15, 0.2) is 0 Å². The Kier molecular flexibility index (Phi) is 4.81. The molecule has 0 bridgehead atoms. The van der Waals surface area contributed by atoms with Gasteiger partial charge in [0.05, 0.1) is 23.9 Å². The lowest BCUT2D eigenvalue weighted by Crippen LogP contribution is -2.23. The van der Waals surface area contributed by atoms with Gasteiger partial charge in [0.25, 0.3) is 5.91 Å². The van der Waals surface area contributed by atoms with Crippen molar-refractivity contribution in [1.29, 1.82) is 0 Å². The van der Waals surface area contributed by atoms with Crippen molar-refractivity contribution in [2.45, 2.75) is 25.9 Å². The van der Waals surface area contributed by atoms with E-state index in [0.29, 0.717) is 12.1 Å². The molecule has 130 valence electrons. The number of nitrogens with zero attached hydrogens (tertiary/aromatic N) is 3. The number of thiophene rings is 1. The van der Waals surface area contributed by atoms with Gasteiger partial charge in [-0.15, -0.1) is 11.3 Å². The molecule has 0 saturated carbocycles. The Morgan fingerprint density at radius 1 is 1.20 bits per heavy atom. The summed E-state index contributed by atoms with van der Waals surface area (Å²) in [5.74, 6) is -0.0538. The Balaban J connectivity index is 1.42. The Morgan fingerprint density at radius 3 is 2.88 bits per heavy atom. The zero-order valence-corrected chi connectivity index (χ0v) is 15.0. The smallest absolute Gasteiger partial charge is 0.251 e. The molecular formula is C19H22N4OS. The number of likely N-dealkylation sites (tertiary alicyclic amines) is 1. The summed E-state index contributed by atoms with van der Waals surface area (Å²) < 4.78 is 2.18. The van der Waals surface area contributed by atoms with Gasteiger partial charge in [-0.3, -0.25) is 4.79 Å². The predicted octanol–water partition coefficient (Wildman–Crippen LogP) is 3.12. The van der Waals surface area contributed by atoms with Crippen LogP contribution in [0, 0.1) is 0 Å². The number of carbonyl (C=O) groups is 1. The summed E-state index contributed by atoms with van der Waals surface area (Å²) >= 11 is 1.65. The Morgan fingerprint density at radius 2 is 2.08 bits per heavy atom. The number of amides is 1. The molecule has 4 rings (SSSR count). The van der Waals surface area contributed by atoms with Crippen LogP contribution in [0.2, 0.25) is 0 Å². The number of carbonyl (C=O) groups excluding carboxylic acids is 1. The van der Waals surface area contributed by atoms with Crippen molar-refractivity contribution in [3.05, 3.63) is 52.5 Å². The summed E-state index contributed by atoms with van der Waals surface area (Å²) in [6.45, 7) is 5.00. The zero-order valence-electron chi connectivity index (χ0n) is 14.1. The first-order valence-corrected chi connectivity index (χ1v) is 9.65. The number of benzene rings is 1. The monoisotopic (exact) mass is 354 g/mol. The maximum Gasteiger partial charge on any atom is 0.251 e. The number of imidazole rings is 1. The van der Waals surface area contributed by atoms with Gasteiger partial charge in [-0.2, -0.15) is 0 Å². The first kappa shape index (κ1) is 16.3. The van der Waals surface area contributed by atoms with E-state index in [-0.39, 0.29) is 5.91 Å². The van der Waals surface area contributed by atoms with Gasteiger partial charge in [0, 0.05) is 23.5 Å². The van der Waals surface area contributed by atoms with E-state index < -0.39 is 0 Å². The quantitative estimate of drug-likeness (QED) is 0.740.